The van der Waals surface area contributed by atoms with Crippen LogP contribution in [-0.4, -0.2) is 30.0 Å². The molecule has 2 atom stereocenters. The van der Waals surface area contributed by atoms with Gasteiger partial charge in [0, 0.05) is 10.7 Å². The third-order valence-electron chi connectivity index (χ3n) is 3.36. The minimum Gasteiger partial charge on any atom is -0.330 e. The summed E-state index contributed by atoms with van der Waals surface area (Å²) in [7, 11) is 2.16. The first-order chi connectivity index (χ1) is 7.72. The number of piperidine rings is 1. The average molecular weight is 284 g/mol. The fraction of sp³-hybridized carbons (Fsp3) is 0.583. The Kier molecular flexibility index (Phi) is 3.95. The maximum absolute atomic E-state index is 5.86. The predicted molar refractivity (Wildman–Crippen MR) is 69.1 cm³/mol. The van der Waals surface area contributed by atoms with Gasteiger partial charge in [-0.1, -0.05) is 0 Å². The van der Waals surface area contributed by atoms with E-state index < -0.39 is 0 Å². The van der Waals surface area contributed by atoms with Gasteiger partial charge >= 0.3 is 0 Å². The third kappa shape index (κ3) is 2.44. The molecule has 2 unspecified atom stereocenters. The zero-order valence-electron chi connectivity index (χ0n) is 9.56. The van der Waals surface area contributed by atoms with E-state index in [-0.39, 0.29) is 0 Å². The fourth-order valence-corrected chi connectivity index (χ4v) is 2.77. The largest absolute Gasteiger partial charge is 0.330 e. The molecule has 1 saturated heterocycles. The van der Waals surface area contributed by atoms with Crippen LogP contribution in [0.15, 0.2) is 22.8 Å². The van der Waals surface area contributed by atoms with Gasteiger partial charge in [-0.25, -0.2) is 0 Å². The zero-order valence-corrected chi connectivity index (χ0v) is 11.2. The summed E-state index contributed by atoms with van der Waals surface area (Å²) < 4.78 is 1.03. The second-order valence-electron chi connectivity index (χ2n) is 4.46. The predicted octanol–water partition coefficient (Wildman–Crippen LogP) is 2.19. The van der Waals surface area contributed by atoms with Crippen molar-refractivity contribution in [3.05, 3.63) is 28.5 Å². The minimum atomic E-state index is 0.381. The van der Waals surface area contributed by atoms with E-state index in [4.69, 9.17) is 5.73 Å². The summed E-state index contributed by atoms with van der Waals surface area (Å²) in [6.07, 6.45) is 4.32. The molecule has 1 fully saturated rings. The Morgan fingerprint density at radius 3 is 3.00 bits per heavy atom. The number of aromatic nitrogens is 1. The van der Waals surface area contributed by atoms with Gasteiger partial charge < -0.3 is 5.73 Å². The van der Waals surface area contributed by atoms with E-state index >= 15 is 0 Å². The molecule has 0 aromatic carbocycles. The van der Waals surface area contributed by atoms with Gasteiger partial charge in [0.25, 0.3) is 0 Å². The van der Waals surface area contributed by atoms with Crippen LogP contribution in [0.4, 0.5) is 0 Å². The van der Waals surface area contributed by atoms with E-state index in [9.17, 15) is 0 Å². The van der Waals surface area contributed by atoms with E-state index in [1.54, 1.807) is 0 Å². The maximum Gasteiger partial charge on any atom is 0.0579 e. The van der Waals surface area contributed by atoms with Crippen LogP contribution in [0, 0.1) is 5.92 Å². The number of pyridine rings is 1. The van der Waals surface area contributed by atoms with Crippen molar-refractivity contribution in [2.75, 3.05) is 20.1 Å². The Labute approximate surface area is 105 Å². The third-order valence-corrected chi connectivity index (χ3v) is 3.83. The van der Waals surface area contributed by atoms with Gasteiger partial charge in [-0.15, -0.1) is 0 Å². The molecule has 1 aromatic rings. The summed E-state index contributed by atoms with van der Waals surface area (Å²) in [5.41, 5.74) is 7.00. The molecule has 0 aliphatic carbocycles. The normalized spacial score (nSPS) is 26.9. The number of hydrogen-bond acceptors (Lipinski definition) is 3. The first-order valence-electron chi connectivity index (χ1n) is 5.74. The molecule has 3 nitrogen and oxygen atoms in total. The van der Waals surface area contributed by atoms with E-state index in [2.05, 4.69) is 45.0 Å². The van der Waals surface area contributed by atoms with Gasteiger partial charge in [-0.05, 0) is 67.0 Å². The molecule has 0 bridgehead atoms. The monoisotopic (exact) mass is 283 g/mol. The number of likely N-dealkylation sites (tertiary alicyclic amines) is 1. The summed E-state index contributed by atoms with van der Waals surface area (Å²) in [5, 5.41) is 0. The highest BCUT2D eigenvalue weighted by atomic mass is 79.9. The lowest BCUT2D eigenvalue weighted by Crippen LogP contribution is -2.39. The van der Waals surface area contributed by atoms with Crippen LogP contribution in [0.5, 0.6) is 0 Å². The molecular weight excluding hydrogens is 266 g/mol. The van der Waals surface area contributed by atoms with Crippen molar-refractivity contribution in [1.29, 1.82) is 0 Å². The highest BCUT2D eigenvalue weighted by Gasteiger charge is 2.30. The van der Waals surface area contributed by atoms with Crippen LogP contribution in [0.3, 0.4) is 0 Å². The van der Waals surface area contributed by atoms with Crippen LogP contribution in [0.1, 0.15) is 24.6 Å². The van der Waals surface area contributed by atoms with Crippen molar-refractivity contribution < 1.29 is 0 Å². The minimum absolute atomic E-state index is 0.381. The molecular formula is C12H18BrN3. The second kappa shape index (κ2) is 5.25. The topological polar surface area (TPSA) is 42.1 Å². The van der Waals surface area contributed by atoms with Gasteiger partial charge in [0.1, 0.15) is 0 Å². The molecule has 1 aliphatic rings. The molecule has 0 radical (unpaired) electrons. The van der Waals surface area contributed by atoms with Crippen LogP contribution < -0.4 is 5.73 Å². The smallest absolute Gasteiger partial charge is 0.0579 e. The first kappa shape index (κ1) is 12.0. The lowest BCUT2D eigenvalue weighted by atomic mass is 9.87. The quantitative estimate of drug-likeness (QED) is 0.905. The Hall–Kier alpha value is -0.450. The summed E-state index contributed by atoms with van der Waals surface area (Å²) in [6.45, 7) is 1.88. The Bertz CT molecular complexity index is 339. The Morgan fingerprint density at radius 2 is 2.38 bits per heavy atom. The average Bonchev–Trinajstić information content (AvgIpc) is 2.30. The zero-order chi connectivity index (χ0) is 11.5. The molecule has 1 aromatic heterocycles. The Morgan fingerprint density at radius 1 is 1.56 bits per heavy atom. The van der Waals surface area contributed by atoms with Gasteiger partial charge in [-0.3, -0.25) is 9.88 Å². The molecule has 2 N–H and O–H groups in total. The summed E-state index contributed by atoms with van der Waals surface area (Å²) in [5.74, 6) is 0.535. The van der Waals surface area contributed by atoms with Crippen molar-refractivity contribution in [3.63, 3.8) is 0 Å². The van der Waals surface area contributed by atoms with Crippen molar-refractivity contribution in [2.45, 2.75) is 18.9 Å². The fourth-order valence-electron chi connectivity index (χ4n) is 2.54. The molecule has 0 saturated carbocycles. The van der Waals surface area contributed by atoms with Gasteiger partial charge in [0.05, 0.1) is 11.7 Å². The summed E-state index contributed by atoms with van der Waals surface area (Å²) in [6, 6.07) is 4.53. The van der Waals surface area contributed by atoms with Crippen molar-refractivity contribution in [3.8, 4) is 0 Å². The first-order valence-corrected chi connectivity index (χ1v) is 6.53. The SMILES string of the molecule is CN1CCCC(CN)C1c1ccc(Br)cn1. The molecule has 0 amide bonds. The van der Waals surface area contributed by atoms with Gasteiger partial charge in [0.2, 0.25) is 0 Å². The van der Waals surface area contributed by atoms with E-state index in [0.717, 1.165) is 23.3 Å². The van der Waals surface area contributed by atoms with E-state index in [0.29, 0.717) is 12.0 Å². The molecule has 16 heavy (non-hydrogen) atoms. The molecule has 0 spiro atoms. The van der Waals surface area contributed by atoms with Crippen LogP contribution in [0.2, 0.25) is 0 Å². The Balaban J connectivity index is 2.24. The lowest BCUT2D eigenvalue weighted by molar-refractivity contribution is 0.122. The van der Waals surface area contributed by atoms with Gasteiger partial charge in [-0.2, -0.15) is 0 Å². The molecule has 4 heteroatoms. The molecule has 1 aliphatic heterocycles. The number of halogens is 1. The lowest BCUT2D eigenvalue weighted by Gasteiger charge is -2.38. The van der Waals surface area contributed by atoms with Gasteiger partial charge in [0.15, 0.2) is 0 Å². The molecule has 88 valence electrons. The van der Waals surface area contributed by atoms with Crippen LogP contribution >= 0.6 is 15.9 Å². The highest BCUT2D eigenvalue weighted by Crippen LogP contribution is 2.33. The van der Waals surface area contributed by atoms with Crippen molar-refractivity contribution >= 4 is 15.9 Å². The van der Waals surface area contributed by atoms with Crippen molar-refractivity contribution in [1.82, 2.24) is 9.88 Å². The van der Waals surface area contributed by atoms with Crippen molar-refractivity contribution in [2.24, 2.45) is 11.7 Å². The number of nitrogens with two attached hydrogens (primary N) is 1. The second-order valence-corrected chi connectivity index (χ2v) is 5.38. The number of rotatable bonds is 2. The summed E-state index contributed by atoms with van der Waals surface area (Å²) >= 11 is 3.42. The van der Waals surface area contributed by atoms with E-state index in [1.807, 2.05) is 6.20 Å². The standard InChI is InChI=1S/C12H18BrN3/c1-16-6-2-3-9(7-14)12(16)11-5-4-10(13)8-15-11/h4-5,8-9,12H,2-3,6-7,14H2,1H3. The van der Waals surface area contributed by atoms with Crippen LogP contribution in [0.25, 0.3) is 0 Å². The molecule has 2 rings (SSSR count). The molecule has 2 heterocycles. The summed E-state index contributed by atoms with van der Waals surface area (Å²) in [4.78, 5) is 6.88. The number of nitrogens with zero attached hydrogens (tertiary/aromatic N) is 2. The van der Waals surface area contributed by atoms with E-state index in [1.165, 1.54) is 12.8 Å². The number of hydrogen-bond donors (Lipinski definition) is 1. The van der Waals surface area contributed by atoms with Crippen LogP contribution in [-0.2, 0) is 0 Å². The highest BCUT2D eigenvalue weighted by molar-refractivity contribution is 9.10. The maximum atomic E-state index is 5.86.